The fraction of sp³-hybridized carbons (Fsp3) is 0.200. The molecule has 1 amide bonds. The summed E-state index contributed by atoms with van der Waals surface area (Å²) in [6.07, 6.45) is 7.20. The third kappa shape index (κ3) is 4.35. The molecule has 0 atom stereocenters. The zero-order valence-corrected chi connectivity index (χ0v) is 11.0. The van der Waals surface area contributed by atoms with Crippen LogP contribution in [0, 0.1) is 5.82 Å². The summed E-state index contributed by atoms with van der Waals surface area (Å²) < 4.78 is 15.1. The second kappa shape index (κ2) is 7.23. The summed E-state index contributed by atoms with van der Waals surface area (Å²) in [6, 6.07) is 8.18. The Bertz CT molecular complexity index is 579. The van der Waals surface area contributed by atoms with E-state index in [-0.39, 0.29) is 11.7 Å². The van der Waals surface area contributed by atoms with Crippen LogP contribution >= 0.6 is 0 Å². The predicted octanol–water partition coefficient (Wildman–Crippen LogP) is 2.24. The van der Waals surface area contributed by atoms with Gasteiger partial charge in [-0.05, 0) is 24.6 Å². The van der Waals surface area contributed by atoms with Crippen molar-refractivity contribution in [1.82, 2.24) is 15.1 Å². The van der Waals surface area contributed by atoms with E-state index in [4.69, 9.17) is 0 Å². The molecule has 2 rings (SSSR count). The lowest BCUT2D eigenvalue weighted by atomic mass is 10.2. The lowest BCUT2D eigenvalue weighted by molar-refractivity contribution is -0.116. The Kier molecular flexibility index (Phi) is 5.06. The smallest absolute Gasteiger partial charge is 0.244 e. The average molecular weight is 273 g/mol. The monoisotopic (exact) mass is 273 g/mol. The summed E-state index contributed by atoms with van der Waals surface area (Å²) in [7, 11) is 0. The number of hydrogen-bond acceptors (Lipinski definition) is 2. The molecule has 0 aliphatic heterocycles. The minimum absolute atomic E-state index is 0.228. The van der Waals surface area contributed by atoms with Crippen LogP contribution < -0.4 is 5.32 Å². The molecule has 0 aliphatic carbocycles. The van der Waals surface area contributed by atoms with Crippen molar-refractivity contribution in [1.29, 1.82) is 0 Å². The number of nitrogens with one attached hydrogen (secondary N) is 1. The van der Waals surface area contributed by atoms with Gasteiger partial charge in [0.2, 0.25) is 5.91 Å². The molecule has 0 radical (unpaired) electrons. The van der Waals surface area contributed by atoms with E-state index in [9.17, 15) is 9.18 Å². The van der Waals surface area contributed by atoms with E-state index >= 15 is 0 Å². The Balaban J connectivity index is 1.71. The molecule has 0 saturated heterocycles. The van der Waals surface area contributed by atoms with Gasteiger partial charge in [-0.1, -0.05) is 18.2 Å². The largest absolute Gasteiger partial charge is 0.352 e. The topological polar surface area (TPSA) is 46.9 Å². The molecule has 0 bridgehead atoms. The SMILES string of the molecule is O=C(C=Cc1ccccc1F)NCCCn1cccn1. The quantitative estimate of drug-likeness (QED) is 0.648. The van der Waals surface area contributed by atoms with E-state index < -0.39 is 0 Å². The fourth-order valence-corrected chi connectivity index (χ4v) is 1.72. The van der Waals surface area contributed by atoms with E-state index in [2.05, 4.69) is 10.4 Å². The molecule has 104 valence electrons. The number of aryl methyl sites for hydroxylation is 1. The Morgan fingerprint density at radius 3 is 2.95 bits per heavy atom. The number of rotatable bonds is 6. The number of carbonyl (C=O) groups excluding carboxylic acids is 1. The van der Waals surface area contributed by atoms with Crippen LogP contribution in [0.1, 0.15) is 12.0 Å². The van der Waals surface area contributed by atoms with Crippen molar-refractivity contribution in [2.24, 2.45) is 0 Å². The van der Waals surface area contributed by atoms with Crippen LogP contribution in [-0.4, -0.2) is 22.2 Å². The van der Waals surface area contributed by atoms with Crippen molar-refractivity contribution in [2.75, 3.05) is 6.54 Å². The van der Waals surface area contributed by atoms with E-state index in [0.717, 1.165) is 13.0 Å². The summed E-state index contributed by atoms with van der Waals surface area (Å²) >= 11 is 0. The van der Waals surface area contributed by atoms with Crippen LogP contribution in [0.25, 0.3) is 6.08 Å². The number of hydrogen-bond donors (Lipinski definition) is 1. The van der Waals surface area contributed by atoms with Crippen LogP contribution in [-0.2, 0) is 11.3 Å². The lowest BCUT2D eigenvalue weighted by Crippen LogP contribution is -2.23. The Morgan fingerprint density at radius 2 is 2.20 bits per heavy atom. The highest BCUT2D eigenvalue weighted by Gasteiger charge is 1.98. The van der Waals surface area contributed by atoms with Crippen molar-refractivity contribution >= 4 is 12.0 Å². The second-order valence-electron chi connectivity index (χ2n) is 4.27. The first-order valence-corrected chi connectivity index (χ1v) is 6.43. The van der Waals surface area contributed by atoms with Crippen LogP contribution in [0.3, 0.4) is 0 Å². The molecule has 2 aromatic rings. The van der Waals surface area contributed by atoms with Gasteiger partial charge in [-0.15, -0.1) is 0 Å². The van der Waals surface area contributed by atoms with Crippen molar-refractivity contribution in [3.8, 4) is 0 Å². The summed E-state index contributed by atoms with van der Waals surface area (Å²) in [6.45, 7) is 1.31. The molecule has 1 aromatic carbocycles. The van der Waals surface area contributed by atoms with Crippen LogP contribution in [0.4, 0.5) is 4.39 Å². The number of aromatic nitrogens is 2. The van der Waals surface area contributed by atoms with Gasteiger partial charge in [-0.3, -0.25) is 9.48 Å². The van der Waals surface area contributed by atoms with Gasteiger partial charge in [0.25, 0.3) is 0 Å². The zero-order chi connectivity index (χ0) is 14.2. The van der Waals surface area contributed by atoms with Crippen LogP contribution in [0.5, 0.6) is 0 Å². The number of amides is 1. The maximum absolute atomic E-state index is 13.3. The van der Waals surface area contributed by atoms with Gasteiger partial charge in [-0.2, -0.15) is 5.10 Å². The molecule has 20 heavy (non-hydrogen) atoms. The highest BCUT2D eigenvalue weighted by Crippen LogP contribution is 2.07. The molecule has 1 N–H and O–H groups in total. The number of halogens is 1. The van der Waals surface area contributed by atoms with Gasteiger partial charge in [0, 0.05) is 37.1 Å². The zero-order valence-electron chi connectivity index (χ0n) is 11.0. The second-order valence-corrected chi connectivity index (χ2v) is 4.27. The maximum atomic E-state index is 13.3. The van der Waals surface area contributed by atoms with Crippen molar-refractivity contribution < 1.29 is 9.18 Å². The van der Waals surface area contributed by atoms with Gasteiger partial charge in [0.15, 0.2) is 0 Å². The number of nitrogens with zero attached hydrogens (tertiary/aromatic N) is 2. The lowest BCUT2D eigenvalue weighted by Gasteiger charge is -2.02. The average Bonchev–Trinajstić information content (AvgIpc) is 2.96. The van der Waals surface area contributed by atoms with Gasteiger partial charge < -0.3 is 5.32 Å². The van der Waals surface area contributed by atoms with Crippen molar-refractivity contribution in [3.63, 3.8) is 0 Å². The van der Waals surface area contributed by atoms with E-state index in [1.807, 2.05) is 12.3 Å². The van der Waals surface area contributed by atoms with E-state index in [0.29, 0.717) is 12.1 Å². The van der Waals surface area contributed by atoms with Gasteiger partial charge in [0.05, 0.1) is 0 Å². The first-order chi connectivity index (χ1) is 9.75. The minimum atomic E-state index is -0.338. The molecule has 1 aromatic heterocycles. The molecule has 5 heteroatoms. The van der Waals surface area contributed by atoms with Gasteiger partial charge in [-0.25, -0.2) is 4.39 Å². The Hall–Kier alpha value is -2.43. The summed E-state index contributed by atoms with van der Waals surface area (Å²) in [5.41, 5.74) is 0.402. The third-order valence-corrected chi connectivity index (χ3v) is 2.74. The predicted molar refractivity (Wildman–Crippen MR) is 75.3 cm³/mol. The minimum Gasteiger partial charge on any atom is -0.352 e. The maximum Gasteiger partial charge on any atom is 0.244 e. The normalized spacial score (nSPS) is 10.8. The molecule has 0 unspecified atom stereocenters. The summed E-state index contributed by atoms with van der Waals surface area (Å²) in [5, 5.41) is 6.81. The van der Waals surface area contributed by atoms with Crippen molar-refractivity contribution in [3.05, 3.63) is 60.2 Å². The number of carbonyl (C=O) groups is 1. The standard InChI is InChI=1S/C15H16FN3O/c16-14-6-2-1-5-13(14)7-8-15(20)17-9-3-11-19-12-4-10-18-19/h1-2,4-8,10,12H,3,9,11H2,(H,17,20). The van der Waals surface area contributed by atoms with Crippen LogP contribution in [0.2, 0.25) is 0 Å². The molecule has 0 fully saturated rings. The highest BCUT2D eigenvalue weighted by molar-refractivity contribution is 5.91. The van der Waals surface area contributed by atoms with Crippen molar-refractivity contribution in [2.45, 2.75) is 13.0 Å². The van der Waals surface area contributed by atoms with Gasteiger partial charge >= 0.3 is 0 Å². The first-order valence-electron chi connectivity index (χ1n) is 6.43. The van der Waals surface area contributed by atoms with E-state index in [1.54, 1.807) is 29.1 Å². The third-order valence-electron chi connectivity index (χ3n) is 2.74. The van der Waals surface area contributed by atoms with Crippen LogP contribution in [0.15, 0.2) is 48.8 Å². The molecule has 1 heterocycles. The highest BCUT2D eigenvalue weighted by atomic mass is 19.1. The summed E-state index contributed by atoms with van der Waals surface area (Å²) in [5.74, 6) is -0.566. The van der Waals surface area contributed by atoms with Gasteiger partial charge in [0.1, 0.15) is 5.82 Å². The Morgan fingerprint density at radius 1 is 1.35 bits per heavy atom. The van der Waals surface area contributed by atoms with E-state index in [1.165, 1.54) is 18.2 Å². The first kappa shape index (κ1) is 14.0. The molecule has 0 aliphatic rings. The summed E-state index contributed by atoms with van der Waals surface area (Å²) in [4.78, 5) is 11.5. The Labute approximate surface area is 116 Å². The molecular formula is C15H16FN3O. The molecule has 0 saturated carbocycles. The molecular weight excluding hydrogens is 257 g/mol. The molecule has 4 nitrogen and oxygen atoms in total. The number of benzene rings is 1. The fourth-order valence-electron chi connectivity index (χ4n) is 1.72. The molecule has 0 spiro atoms.